The van der Waals surface area contributed by atoms with E-state index in [9.17, 15) is 19.2 Å². The van der Waals surface area contributed by atoms with Gasteiger partial charge in [-0.2, -0.15) is 0 Å². The van der Waals surface area contributed by atoms with Gasteiger partial charge in [0.15, 0.2) is 6.10 Å². The highest BCUT2D eigenvalue weighted by molar-refractivity contribution is 5.97. The molecule has 0 radical (unpaired) electrons. The van der Waals surface area contributed by atoms with Gasteiger partial charge in [0.1, 0.15) is 5.75 Å². The quantitative estimate of drug-likeness (QED) is 0.665. The van der Waals surface area contributed by atoms with E-state index in [0.717, 1.165) is 5.56 Å². The molecule has 2 N–H and O–H groups in total. The number of methoxy groups -OCH3 is 2. The Morgan fingerprint density at radius 1 is 0.900 bits per heavy atom. The molecule has 0 aromatic heterocycles. The number of benzene rings is 2. The molecule has 0 aliphatic carbocycles. The van der Waals surface area contributed by atoms with E-state index in [1.54, 1.807) is 0 Å². The number of imide groups is 1. The fraction of sp³-hybridized carbons (Fsp3) is 0.238. The molecule has 9 heteroatoms. The third kappa shape index (κ3) is 6.33. The number of hydrogen-bond donors (Lipinski definition) is 2. The molecular weight excluding hydrogens is 392 g/mol. The van der Waals surface area contributed by atoms with Crippen molar-refractivity contribution in [3.63, 3.8) is 0 Å². The Labute approximate surface area is 173 Å². The summed E-state index contributed by atoms with van der Waals surface area (Å²) in [7, 11) is 2.38. The number of carbonyl (C=O) groups is 4. The maximum absolute atomic E-state index is 12.2. The van der Waals surface area contributed by atoms with E-state index < -0.39 is 30.0 Å². The normalized spacial score (nSPS) is 11.0. The van der Waals surface area contributed by atoms with Gasteiger partial charge in [-0.15, -0.1) is 0 Å². The van der Waals surface area contributed by atoms with Gasteiger partial charge in [-0.3, -0.25) is 10.1 Å². The molecule has 1 atom stereocenters. The monoisotopic (exact) mass is 414 g/mol. The first-order valence-electron chi connectivity index (χ1n) is 8.95. The molecule has 2 rings (SSSR count). The molecule has 0 heterocycles. The van der Waals surface area contributed by atoms with Crippen LogP contribution in [0, 0.1) is 0 Å². The maximum atomic E-state index is 12.2. The van der Waals surface area contributed by atoms with Gasteiger partial charge in [0.2, 0.25) is 0 Å². The van der Waals surface area contributed by atoms with Gasteiger partial charge < -0.3 is 19.5 Å². The fourth-order valence-corrected chi connectivity index (χ4v) is 2.43. The van der Waals surface area contributed by atoms with Crippen LogP contribution in [-0.4, -0.2) is 44.2 Å². The Morgan fingerprint density at radius 3 is 2.00 bits per heavy atom. The summed E-state index contributed by atoms with van der Waals surface area (Å²) in [5.41, 5.74) is 0.964. The molecule has 158 valence electrons. The highest BCUT2D eigenvalue weighted by Crippen LogP contribution is 2.20. The van der Waals surface area contributed by atoms with Gasteiger partial charge in [-0.05, 0) is 30.7 Å². The number of rotatable bonds is 7. The first-order valence-corrected chi connectivity index (χ1v) is 8.95. The fourth-order valence-electron chi connectivity index (χ4n) is 2.43. The lowest BCUT2D eigenvalue weighted by Gasteiger charge is -2.16. The van der Waals surface area contributed by atoms with Crippen LogP contribution in [0.5, 0.6) is 5.75 Å². The van der Waals surface area contributed by atoms with Crippen LogP contribution in [0.15, 0.2) is 48.5 Å². The first kappa shape index (κ1) is 22.4. The van der Waals surface area contributed by atoms with Crippen molar-refractivity contribution >= 4 is 23.9 Å². The third-order valence-corrected chi connectivity index (χ3v) is 3.96. The number of esters is 2. The molecule has 2 aromatic carbocycles. The second-order valence-corrected chi connectivity index (χ2v) is 6.15. The SMILES string of the molecule is COC(=O)c1cc(O[C@H](C)C(=O)NC(=O)NCc2ccccc2)cc(C(=O)OC)c1. The molecule has 2 aromatic rings. The van der Waals surface area contributed by atoms with E-state index in [1.165, 1.54) is 39.3 Å². The van der Waals surface area contributed by atoms with Crippen LogP contribution in [0.1, 0.15) is 33.2 Å². The van der Waals surface area contributed by atoms with Crippen LogP contribution >= 0.6 is 0 Å². The summed E-state index contributed by atoms with van der Waals surface area (Å²) in [6.45, 7) is 1.67. The zero-order valence-corrected chi connectivity index (χ0v) is 16.8. The number of hydrogen-bond acceptors (Lipinski definition) is 7. The summed E-state index contributed by atoms with van der Waals surface area (Å²) >= 11 is 0. The minimum absolute atomic E-state index is 0.0450. The van der Waals surface area contributed by atoms with Crippen molar-refractivity contribution in [2.75, 3.05) is 14.2 Å². The first-order chi connectivity index (χ1) is 14.3. The molecule has 9 nitrogen and oxygen atoms in total. The summed E-state index contributed by atoms with van der Waals surface area (Å²) in [6, 6.07) is 12.4. The minimum Gasteiger partial charge on any atom is -0.481 e. The standard InChI is InChI=1S/C21H22N2O7/c1-13(18(24)23-21(27)22-12-14-7-5-4-6-8-14)30-17-10-15(19(25)28-2)9-16(11-17)20(26)29-3/h4-11,13H,12H2,1-3H3,(H2,22,23,24,27)/t13-/m1/s1. The summed E-state index contributed by atoms with van der Waals surface area (Å²) in [6.07, 6.45) is -1.09. The van der Waals surface area contributed by atoms with Crippen molar-refractivity contribution in [1.82, 2.24) is 10.6 Å². The maximum Gasteiger partial charge on any atom is 0.338 e. The number of ether oxygens (including phenoxy) is 3. The molecule has 0 fully saturated rings. The molecule has 0 saturated heterocycles. The number of nitrogens with one attached hydrogen (secondary N) is 2. The van der Waals surface area contributed by atoms with E-state index in [-0.39, 0.29) is 23.4 Å². The van der Waals surface area contributed by atoms with Crippen LogP contribution in [-0.2, 0) is 20.8 Å². The van der Waals surface area contributed by atoms with E-state index in [2.05, 4.69) is 20.1 Å². The molecule has 30 heavy (non-hydrogen) atoms. The molecular formula is C21H22N2O7. The van der Waals surface area contributed by atoms with Gasteiger partial charge >= 0.3 is 18.0 Å². The van der Waals surface area contributed by atoms with Crippen LogP contribution < -0.4 is 15.4 Å². The summed E-state index contributed by atoms with van der Waals surface area (Å²) in [4.78, 5) is 47.8. The van der Waals surface area contributed by atoms with Gasteiger partial charge in [0, 0.05) is 6.54 Å². The van der Waals surface area contributed by atoms with Crippen molar-refractivity contribution in [2.45, 2.75) is 19.6 Å². The number of urea groups is 1. The predicted molar refractivity (Wildman–Crippen MR) is 106 cm³/mol. The molecule has 0 unspecified atom stereocenters. The van der Waals surface area contributed by atoms with E-state index in [1.807, 2.05) is 30.3 Å². The van der Waals surface area contributed by atoms with Gasteiger partial charge in [-0.1, -0.05) is 30.3 Å². The van der Waals surface area contributed by atoms with Crippen LogP contribution in [0.2, 0.25) is 0 Å². The Kier molecular flexibility index (Phi) is 7.92. The van der Waals surface area contributed by atoms with Crippen molar-refractivity contribution in [2.24, 2.45) is 0 Å². The van der Waals surface area contributed by atoms with Crippen LogP contribution in [0.3, 0.4) is 0 Å². The Balaban J connectivity index is 2.02. The number of amides is 3. The van der Waals surface area contributed by atoms with Crippen molar-refractivity contribution in [3.05, 3.63) is 65.2 Å². The average molecular weight is 414 g/mol. The van der Waals surface area contributed by atoms with Crippen molar-refractivity contribution in [3.8, 4) is 5.75 Å². The summed E-state index contributed by atoms with van der Waals surface area (Å²) in [5, 5.41) is 4.73. The topological polar surface area (TPSA) is 120 Å². The second kappa shape index (κ2) is 10.6. The molecule has 0 aliphatic rings. The van der Waals surface area contributed by atoms with Crippen LogP contribution in [0.4, 0.5) is 4.79 Å². The minimum atomic E-state index is -1.09. The van der Waals surface area contributed by atoms with Gasteiger partial charge in [0.05, 0.1) is 25.3 Å². The van der Waals surface area contributed by atoms with E-state index in [0.29, 0.717) is 0 Å². The Bertz CT molecular complexity index is 894. The Morgan fingerprint density at radius 2 is 1.47 bits per heavy atom. The summed E-state index contributed by atoms with van der Waals surface area (Å²) in [5.74, 6) is -2.03. The smallest absolute Gasteiger partial charge is 0.338 e. The zero-order valence-electron chi connectivity index (χ0n) is 16.8. The highest BCUT2D eigenvalue weighted by atomic mass is 16.5. The number of carbonyl (C=O) groups excluding carboxylic acids is 4. The lowest BCUT2D eigenvalue weighted by Crippen LogP contribution is -2.44. The predicted octanol–water partition coefficient (Wildman–Crippen LogP) is 2.05. The van der Waals surface area contributed by atoms with Gasteiger partial charge in [0.25, 0.3) is 5.91 Å². The van der Waals surface area contributed by atoms with E-state index >= 15 is 0 Å². The third-order valence-electron chi connectivity index (χ3n) is 3.96. The molecule has 0 bridgehead atoms. The largest absolute Gasteiger partial charge is 0.481 e. The molecule has 0 spiro atoms. The van der Waals surface area contributed by atoms with Crippen LogP contribution in [0.25, 0.3) is 0 Å². The lowest BCUT2D eigenvalue weighted by atomic mass is 10.1. The van der Waals surface area contributed by atoms with Crippen molar-refractivity contribution in [1.29, 1.82) is 0 Å². The molecule has 0 aliphatic heterocycles. The zero-order chi connectivity index (χ0) is 22.1. The second-order valence-electron chi connectivity index (χ2n) is 6.15. The Hall–Kier alpha value is -3.88. The average Bonchev–Trinajstić information content (AvgIpc) is 2.76. The lowest BCUT2D eigenvalue weighted by molar-refractivity contribution is -0.126. The van der Waals surface area contributed by atoms with Gasteiger partial charge in [-0.25, -0.2) is 14.4 Å². The molecule has 3 amide bonds. The van der Waals surface area contributed by atoms with Crippen molar-refractivity contribution < 1.29 is 33.4 Å². The highest BCUT2D eigenvalue weighted by Gasteiger charge is 2.20. The summed E-state index contributed by atoms with van der Waals surface area (Å²) < 4.78 is 14.8. The molecule has 0 saturated carbocycles. The van der Waals surface area contributed by atoms with E-state index in [4.69, 9.17) is 4.74 Å².